The molecule has 0 bridgehead atoms. The SMILES string of the molecule is O=C(c1ccccc1)N(c1ccncc1)c1ccc(Cl)c(Cl)c1. The topological polar surface area (TPSA) is 33.2 Å². The Morgan fingerprint density at radius 1 is 0.826 bits per heavy atom. The van der Waals surface area contributed by atoms with Crippen LogP contribution >= 0.6 is 23.2 Å². The summed E-state index contributed by atoms with van der Waals surface area (Å²) in [5.74, 6) is -0.157. The summed E-state index contributed by atoms with van der Waals surface area (Å²) in [4.78, 5) is 18.6. The first-order valence-corrected chi connectivity index (χ1v) is 7.67. The lowest BCUT2D eigenvalue weighted by Crippen LogP contribution is -2.25. The monoisotopic (exact) mass is 342 g/mol. The van der Waals surface area contributed by atoms with Crippen molar-refractivity contribution in [1.82, 2.24) is 4.98 Å². The first-order valence-electron chi connectivity index (χ1n) is 6.91. The van der Waals surface area contributed by atoms with Gasteiger partial charge in [-0.25, -0.2) is 0 Å². The fourth-order valence-electron chi connectivity index (χ4n) is 2.21. The van der Waals surface area contributed by atoms with Crippen LogP contribution in [-0.4, -0.2) is 10.9 Å². The lowest BCUT2D eigenvalue weighted by atomic mass is 10.1. The number of carbonyl (C=O) groups is 1. The van der Waals surface area contributed by atoms with E-state index in [1.54, 1.807) is 59.8 Å². The van der Waals surface area contributed by atoms with Crippen molar-refractivity contribution >= 4 is 40.5 Å². The number of hydrogen-bond acceptors (Lipinski definition) is 2. The molecule has 0 atom stereocenters. The van der Waals surface area contributed by atoms with Crippen molar-refractivity contribution in [2.75, 3.05) is 4.90 Å². The van der Waals surface area contributed by atoms with Crippen molar-refractivity contribution < 1.29 is 4.79 Å². The van der Waals surface area contributed by atoms with Crippen LogP contribution in [0.4, 0.5) is 11.4 Å². The second kappa shape index (κ2) is 6.82. The highest BCUT2D eigenvalue weighted by Crippen LogP contribution is 2.32. The van der Waals surface area contributed by atoms with Gasteiger partial charge in [0.25, 0.3) is 5.91 Å². The minimum absolute atomic E-state index is 0.157. The smallest absolute Gasteiger partial charge is 0.262 e. The quantitative estimate of drug-likeness (QED) is 0.641. The molecule has 1 heterocycles. The molecule has 2 aromatic carbocycles. The summed E-state index contributed by atoms with van der Waals surface area (Å²) in [6, 6.07) is 17.7. The highest BCUT2D eigenvalue weighted by molar-refractivity contribution is 6.42. The number of nitrogens with zero attached hydrogens (tertiary/aromatic N) is 2. The van der Waals surface area contributed by atoms with Crippen LogP contribution in [0.3, 0.4) is 0 Å². The molecule has 5 heteroatoms. The van der Waals surface area contributed by atoms with Gasteiger partial charge in [-0.3, -0.25) is 14.7 Å². The van der Waals surface area contributed by atoms with Gasteiger partial charge in [-0.2, -0.15) is 0 Å². The van der Waals surface area contributed by atoms with Crippen LogP contribution in [0.25, 0.3) is 0 Å². The molecule has 0 fully saturated rings. The summed E-state index contributed by atoms with van der Waals surface area (Å²) in [5.41, 5.74) is 1.92. The van der Waals surface area contributed by atoms with Crippen molar-refractivity contribution in [1.29, 1.82) is 0 Å². The van der Waals surface area contributed by atoms with Crippen LogP contribution < -0.4 is 4.90 Å². The molecule has 3 nitrogen and oxygen atoms in total. The molecule has 114 valence electrons. The van der Waals surface area contributed by atoms with Crippen LogP contribution in [0.1, 0.15) is 10.4 Å². The molecule has 1 amide bonds. The first kappa shape index (κ1) is 15.5. The molecular formula is C18H12Cl2N2O. The minimum atomic E-state index is -0.157. The van der Waals surface area contributed by atoms with E-state index in [0.29, 0.717) is 27.0 Å². The number of anilines is 2. The summed E-state index contributed by atoms with van der Waals surface area (Å²) >= 11 is 12.1. The molecular weight excluding hydrogens is 331 g/mol. The maximum Gasteiger partial charge on any atom is 0.262 e. The maximum absolute atomic E-state index is 13.0. The Balaban J connectivity index is 2.11. The minimum Gasteiger partial charge on any atom is -0.277 e. The molecule has 0 saturated heterocycles. The Kier molecular flexibility index (Phi) is 4.60. The van der Waals surface area contributed by atoms with Crippen LogP contribution in [0.2, 0.25) is 10.0 Å². The number of benzene rings is 2. The van der Waals surface area contributed by atoms with E-state index in [4.69, 9.17) is 23.2 Å². The van der Waals surface area contributed by atoms with Gasteiger partial charge in [0.15, 0.2) is 0 Å². The van der Waals surface area contributed by atoms with Crippen molar-refractivity contribution in [2.45, 2.75) is 0 Å². The van der Waals surface area contributed by atoms with E-state index in [0.717, 1.165) is 0 Å². The second-order valence-corrected chi connectivity index (χ2v) is 5.62. The average molecular weight is 343 g/mol. The highest BCUT2D eigenvalue weighted by atomic mass is 35.5. The zero-order chi connectivity index (χ0) is 16.2. The lowest BCUT2D eigenvalue weighted by molar-refractivity contribution is 0.0999. The third-order valence-electron chi connectivity index (χ3n) is 3.31. The number of aromatic nitrogens is 1. The Morgan fingerprint density at radius 3 is 2.17 bits per heavy atom. The molecule has 0 radical (unpaired) electrons. The van der Waals surface area contributed by atoms with E-state index in [2.05, 4.69) is 4.98 Å². The second-order valence-electron chi connectivity index (χ2n) is 4.81. The molecule has 3 rings (SSSR count). The summed E-state index contributed by atoms with van der Waals surface area (Å²) in [6.07, 6.45) is 3.27. The zero-order valence-electron chi connectivity index (χ0n) is 12.0. The predicted octanol–water partition coefficient (Wildman–Crippen LogP) is 5.37. The molecule has 0 spiro atoms. The third-order valence-corrected chi connectivity index (χ3v) is 4.05. The molecule has 0 aliphatic rings. The summed E-state index contributed by atoms with van der Waals surface area (Å²) in [7, 11) is 0. The number of pyridine rings is 1. The molecule has 3 aromatic rings. The van der Waals surface area contributed by atoms with Crippen LogP contribution in [0.15, 0.2) is 73.1 Å². The molecule has 0 aliphatic carbocycles. The zero-order valence-corrected chi connectivity index (χ0v) is 13.5. The van der Waals surface area contributed by atoms with E-state index in [1.165, 1.54) is 0 Å². The van der Waals surface area contributed by atoms with Gasteiger partial charge >= 0.3 is 0 Å². The van der Waals surface area contributed by atoms with Gasteiger partial charge in [-0.05, 0) is 42.5 Å². The molecule has 0 aliphatic heterocycles. The Labute approximate surface area is 144 Å². The van der Waals surface area contributed by atoms with Crippen LogP contribution in [0.5, 0.6) is 0 Å². The molecule has 0 N–H and O–H groups in total. The molecule has 0 saturated carbocycles. The first-order chi connectivity index (χ1) is 11.2. The van der Waals surface area contributed by atoms with Crippen molar-refractivity contribution in [3.05, 3.63) is 88.7 Å². The molecule has 23 heavy (non-hydrogen) atoms. The normalized spacial score (nSPS) is 10.3. The van der Waals surface area contributed by atoms with E-state index in [1.807, 2.05) is 18.2 Å². The fraction of sp³-hybridized carbons (Fsp3) is 0. The Morgan fingerprint density at radius 2 is 1.52 bits per heavy atom. The summed E-state index contributed by atoms with van der Waals surface area (Å²) in [5, 5.41) is 0.835. The number of hydrogen-bond donors (Lipinski definition) is 0. The van der Waals surface area contributed by atoms with E-state index in [-0.39, 0.29) is 5.91 Å². The van der Waals surface area contributed by atoms with Gasteiger partial charge in [-0.15, -0.1) is 0 Å². The van der Waals surface area contributed by atoms with Crippen LogP contribution in [-0.2, 0) is 0 Å². The largest absolute Gasteiger partial charge is 0.277 e. The van der Waals surface area contributed by atoms with Crippen LogP contribution in [0, 0.1) is 0 Å². The van der Waals surface area contributed by atoms with Crippen molar-refractivity contribution in [3.63, 3.8) is 0 Å². The molecule has 1 aromatic heterocycles. The number of halogens is 2. The van der Waals surface area contributed by atoms with Gasteiger partial charge in [0.05, 0.1) is 21.4 Å². The number of amides is 1. The maximum atomic E-state index is 13.0. The molecule has 0 unspecified atom stereocenters. The Bertz CT molecular complexity index is 823. The fourth-order valence-corrected chi connectivity index (χ4v) is 2.50. The summed E-state index contributed by atoms with van der Waals surface area (Å²) in [6.45, 7) is 0. The van der Waals surface area contributed by atoms with Gasteiger partial charge in [0.1, 0.15) is 0 Å². The van der Waals surface area contributed by atoms with Gasteiger partial charge in [-0.1, -0.05) is 41.4 Å². The van der Waals surface area contributed by atoms with Gasteiger partial charge in [0, 0.05) is 18.0 Å². The number of carbonyl (C=O) groups excluding carboxylic acids is 1. The van der Waals surface area contributed by atoms with E-state index in [9.17, 15) is 4.79 Å². The van der Waals surface area contributed by atoms with E-state index < -0.39 is 0 Å². The van der Waals surface area contributed by atoms with E-state index >= 15 is 0 Å². The third kappa shape index (κ3) is 3.36. The predicted molar refractivity (Wildman–Crippen MR) is 93.6 cm³/mol. The highest BCUT2D eigenvalue weighted by Gasteiger charge is 2.20. The average Bonchev–Trinajstić information content (AvgIpc) is 2.60. The number of rotatable bonds is 3. The van der Waals surface area contributed by atoms with Crippen molar-refractivity contribution in [3.8, 4) is 0 Å². The Hall–Kier alpha value is -2.36. The standard InChI is InChI=1S/C18H12Cl2N2O/c19-16-7-6-15(12-17(16)20)22(14-8-10-21-11-9-14)18(23)13-4-2-1-3-5-13/h1-12H. The van der Waals surface area contributed by atoms with Gasteiger partial charge in [0.2, 0.25) is 0 Å². The van der Waals surface area contributed by atoms with Gasteiger partial charge < -0.3 is 0 Å². The van der Waals surface area contributed by atoms with Crippen molar-refractivity contribution in [2.24, 2.45) is 0 Å². The lowest BCUT2D eigenvalue weighted by Gasteiger charge is -2.23. The summed E-state index contributed by atoms with van der Waals surface area (Å²) < 4.78 is 0.